The molecule has 11 heteroatoms. The molecule has 0 saturated carbocycles. The molecule has 11 heavy (non-hydrogen) atoms. The van der Waals surface area contributed by atoms with Gasteiger partial charge >= 0.3 is 26.2 Å². The minimum Gasteiger partial charge on any atom is -0.822 e. The van der Waals surface area contributed by atoms with Gasteiger partial charge in [0.2, 0.25) is 0 Å². The Morgan fingerprint density at radius 2 is 0.636 bits per heavy atom. The van der Waals surface area contributed by atoms with Gasteiger partial charge in [-0.15, -0.1) is 0 Å². The molecule has 0 aromatic heterocycles. The number of hydrogen-bond acceptors (Lipinski definition) is 8. The van der Waals surface area contributed by atoms with Crippen LogP contribution in [0.3, 0.4) is 0 Å². The molecule has 0 heterocycles. The first-order valence-electron chi connectivity index (χ1n) is 1.46. The van der Waals surface area contributed by atoms with Crippen molar-refractivity contribution >= 4 is 15.6 Å². The van der Waals surface area contributed by atoms with E-state index in [-0.39, 0.29) is 26.2 Å². The van der Waals surface area contributed by atoms with Gasteiger partial charge in [0.05, 0.1) is 0 Å². The Morgan fingerprint density at radius 3 is 0.636 bits per heavy atom. The van der Waals surface area contributed by atoms with E-state index in [1.807, 2.05) is 0 Å². The standard InChI is InChI=1S/2H3O4P.Zr/c2*1-5(2,3)4;/h2*(H3,1,2,3,4);/q;;+2/p-6. The average molecular weight is 281 g/mol. The maximum Gasteiger partial charge on any atom is 2.00 e. The van der Waals surface area contributed by atoms with Crippen LogP contribution < -0.4 is 29.4 Å². The summed E-state index contributed by atoms with van der Waals surface area (Å²) in [5.41, 5.74) is 0. The molecule has 0 aromatic carbocycles. The van der Waals surface area contributed by atoms with E-state index in [0.29, 0.717) is 0 Å². The van der Waals surface area contributed by atoms with Crippen LogP contribution in [0, 0.1) is 0 Å². The smallest absolute Gasteiger partial charge is 0.822 e. The topological polar surface area (TPSA) is 172 Å². The molecule has 0 spiro atoms. The van der Waals surface area contributed by atoms with Crippen LogP contribution in [0.2, 0.25) is 0 Å². The molecule has 0 amide bonds. The molecule has 0 atom stereocenters. The molecular weight excluding hydrogens is 281 g/mol. The zero-order valence-corrected chi connectivity index (χ0v) is 8.91. The molecule has 0 aliphatic heterocycles. The monoisotopic (exact) mass is 280 g/mol. The van der Waals surface area contributed by atoms with Crippen LogP contribution in [0.4, 0.5) is 0 Å². The zero-order chi connectivity index (χ0) is 9.00. The van der Waals surface area contributed by atoms with Crippen LogP contribution in [-0.2, 0) is 35.3 Å². The third-order valence-corrected chi connectivity index (χ3v) is 0. The Kier molecular flexibility index (Phi) is 10.8. The second kappa shape index (κ2) is 6.60. The van der Waals surface area contributed by atoms with Crippen LogP contribution >= 0.6 is 15.6 Å². The van der Waals surface area contributed by atoms with Gasteiger partial charge in [-0.1, -0.05) is 0 Å². The van der Waals surface area contributed by atoms with Crippen molar-refractivity contribution in [2.24, 2.45) is 0 Å². The Bertz CT molecular complexity index is 124. The van der Waals surface area contributed by atoms with Crippen molar-refractivity contribution in [3.8, 4) is 0 Å². The Balaban J connectivity index is -0.000000107. The van der Waals surface area contributed by atoms with Crippen molar-refractivity contribution in [2.45, 2.75) is 0 Å². The van der Waals surface area contributed by atoms with Gasteiger partial charge in [-0.2, -0.15) is 15.6 Å². The van der Waals surface area contributed by atoms with E-state index in [4.69, 9.17) is 38.5 Å². The van der Waals surface area contributed by atoms with Crippen molar-refractivity contribution in [3.05, 3.63) is 0 Å². The summed E-state index contributed by atoms with van der Waals surface area (Å²) in [6.07, 6.45) is 0. The predicted molar refractivity (Wildman–Crippen MR) is 15.2 cm³/mol. The maximum atomic E-state index is 8.55. The van der Waals surface area contributed by atoms with E-state index < -0.39 is 15.6 Å². The fourth-order valence-corrected chi connectivity index (χ4v) is 0. The molecule has 0 bridgehead atoms. The number of rotatable bonds is 0. The minimum absolute atomic E-state index is 0. The van der Waals surface area contributed by atoms with Gasteiger partial charge in [-0.05, 0) is 0 Å². The van der Waals surface area contributed by atoms with Crippen LogP contribution in [0.1, 0.15) is 0 Å². The predicted octanol–water partition coefficient (Wildman–Crippen LogP) is -5.65. The fourth-order valence-electron chi connectivity index (χ4n) is 0. The van der Waals surface area contributed by atoms with Gasteiger partial charge in [0.1, 0.15) is 0 Å². The molecule has 0 rings (SSSR count). The first kappa shape index (κ1) is 18.0. The van der Waals surface area contributed by atoms with E-state index >= 15 is 0 Å². The van der Waals surface area contributed by atoms with Gasteiger partial charge in [0, 0.05) is 0 Å². The summed E-state index contributed by atoms with van der Waals surface area (Å²) in [5.74, 6) is 0. The summed E-state index contributed by atoms with van der Waals surface area (Å²) < 4.78 is 17.1. The van der Waals surface area contributed by atoms with Gasteiger partial charge < -0.3 is 38.5 Å². The molecule has 0 saturated heterocycles. The average Bonchev–Trinajstić information content (AvgIpc) is 1.12. The van der Waals surface area contributed by atoms with E-state index in [9.17, 15) is 0 Å². The Hall–Kier alpha value is 1.10. The molecule has 0 fully saturated rings. The van der Waals surface area contributed by atoms with Crippen molar-refractivity contribution in [3.63, 3.8) is 0 Å². The maximum absolute atomic E-state index is 8.55. The zero-order valence-electron chi connectivity index (χ0n) is 4.66. The molecule has 0 aliphatic rings. The summed E-state index contributed by atoms with van der Waals surface area (Å²) >= 11 is 0. The summed E-state index contributed by atoms with van der Waals surface area (Å²) in [6, 6.07) is 0. The first-order valence-corrected chi connectivity index (χ1v) is 4.38. The molecule has 0 aromatic rings. The van der Waals surface area contributed by atoms with Gasteiger partial charge in [0.15, 0.2) is 0 Å². The second-order valence-corrected chi connectivity index (χ2v) is 2.68. The molecule has 8 nitrogen and oxygen atoms in total. The molecule has 0 aliphatic carbocycles. The molecule has 0 radical (unpaired) electrons. The van der Waals surface area contributed by atoms with Crippen molar-refractivity contribution in [2.75, 3.05) is 0 Å². The third-order valence-electron chi connectivity index (χ3n) is 0. The van der Waals surface area contributed by atoms with E-state index in [1.54, 1.807) is 0 Å². The van der Waals surface area contributed by atoms with Crippen LogP contribution in [0.25, 0.3) is 0 Å². The summed E-state index contributed by atoms with van der Waals surface area (Å²) in [5, 5.41) is 0. The van der Waals surface area contributed by atoms with E-state index in [0.717, 1.165) is 0 Å². The Morgan fingerprint density at radius 1 is 0.636 bits per heavy atom. The fraction of sp³-hybridized carbons (Fsp3) is 0. The van der Waals surface area contributed by atoms with Crippen LogP contribution in [0.15, 0.2) is 0 Å². The largest absolute Gasteiger partial charge is 2.00 e. The first-order chi connectivity index (χ1) is 4.00. The van der Waals surface area contributed by atoms with Gasteiger partial charge in [-0.25, -0.2) is 0 Å². The Labute approximate surface area is 80.5 Å². The normalized spacial score (nSPS) is 10.7. The van der Waals surface area contributed by atoms with E-state index in [1.165, 1.54) is 0 Å². The number of phosphoric acid groups is 2. The quantitative estimate of drug-likeness (QED) is 0.395. The summed E-state index contributed by atoms with van der Waals surface area (Å²) in [6.45, 7) is 0. The molecule has 0 N–H and O–H groups in total. The van der Waals surface area contributed by atoms with Crippen LogP contribution in [0.5, 0.6) is 0 Å². The molecule has 66 valence electrons. The van der Waals surface area contributed by atoms with E-state index in [2.05, 4.69) is 0 Å². The van der Waals surface area contributed by atoms with Crippen molar-refractivity contribution in [1.29, 1.82) is 0 Å². The summed E-state index contributed by atoms with van der Waals surface area (Å²) in [7, 11) is -10.8. The molecule has 0 unspecified atom stereocenters. The SMILES string of the molecule is O=P([O-])([O-])[O-].O=P([O-])([O-])[O-].[Zr+2]. The second-order valence-electron chi connectivity index (χ2n) is 0.894. The molecular formula is O8P2Zr-4. The van der Waals surface area contributed by atoms with Gasteiger partial charge in [0.25, 0.3) is 0 Å². The third kappa shape index (κ3) is 756. The van der Waals surface area contributed by atoms with Crippen LogP contribution in [-0.4, -0.2) is 0 Å². The van der Waals surface area contributed by atoms with Crippen molar-refractivity contribution in [1.82, 2.24) is 0 Å². The minimum atomic E-state index is -5.39. The van der Waals surface area contributed by atoms with Crippen molar-refractivity contribution < 1.29 is 64.7 Å². The van der Waals surface area contributed by atoms with Gasteiger partial charge in [-0.3, -0.25) is 0 Å². The number of hydrogen-bond donors (Lipinski definition) is 0. The summed E-state index contributed by atoms with van der Waals surface area (Å²) in [4.78, 5) is 51.3.